The van der Waals surface area contributed by atoms with Crippen LogP contribution in [0.2, 0.25) is 0 Å². The Bertz CT molecular complexity index is 1140. The van der Waals surface area contributed by atoms with Gasteiger partial charge in [-0.1, -0.05) is 84.9 Å². The minimum absolute atomic E-state index is 0.0484. The van der Waals surface area contributed by atoms with Crippen molar-refractivity contribution >= 4 is 19.4 Å². The second kappa shape index (κ2) is 12.9. The van der Waals surface area contributed by atoms with Crippen molar-refractivity contribution in [2.24, 2.45) is 5.92 Å². The van der Waals surface area contributed by atoms with Gasteiger partial charge in [-0.25, -0.2) is 4.79 Å². The molecule has 8 heteroatoms. The summed E-state index contributed by atoms with van der Waals surface area (Å²) < 4.78 is 23.0. The Labute approximate surface area is 205 Å². The van der Waals surface area contributed by atoms with Crippen molar-refractivity contribution in [2.75, 3.05) is 19.1 Å². The molecule has 2 N–H and O–H groups in total. The van der Waals surface area contributed by atoms with Gasteiger partial charge in [0.2, 0.25) is 7.37 Å². The maximum absolute atomic E-state index is 12.8. The Kier molecular flexibility index (Phi) is 9.65. The van der Waals surface area contributed by atoms with Crippen molar-refractivity contribution in [3.63, 3.8) is 0 Å². The lowest BCUT2D eigenvalue weighted by atomic mass is 9.98. The first-order valence-corrected chi connectivity index (χ1v) is 13.5. The summed E-state index contributed by atoms with van der Waals surface area (Å²) in [5, 5.41) is 2.33. The third-order valence-corrected chi connectivity index (χ3v) is 7.02. The van der Waals surface area contributed by atoms with Crippen molar-refractivity contribution in [1.82, 2.24) is 5.32 Å². The number of benzene rings is 3. The highest BCUT2D eigenvalue weighted by Gasteiger charge is 2.31. The Morgan fingerprint density at radius 2 is 1.46 bits per heavy atom. The fraction of sp³-hybridized carbons (Fsp3) is 0.259. The van der Waals surface area contributed by atoms with E-state index in [-0.39, 0.29) is 25.8 Å². The lowest BCUT2D eigenvalue weighted by Gasteiger charge is -2.20. The SMILES string of the molecule is CCOC(=O)[C@@H](Cc1ccc(-c2ccccc2)cc1)CP(=O)(O)CNC(=O)OCc1ccccc1. The van der Waals surface area contributed by atoms with Crippen LogP contribution in [0.4, 0.5) is 4.79 Å². The Morgan fingerprint density at radius 3 is 2.09 bits per heavy atom. The number of nitrogens with one attached hydrogen (secondary N) is 1. The second-order valence-corrected chi connectivity index (χ2v) is 10.5. The molecule has 0 aliphatic heterocycles. The van der Waals surface area contributed by atoms with Crippen LogP contribution in [0.1, 0.15) is 18.1 Å². The summed E-state index contributed by atoms with van der Waals surface area (Å²) in [6.07, 6.45) is -1.36. The summed E-state index contributed by atoms with van der Waals surface area (Å²) in [7, 11) is -3.88. The molecule has 0 aliphatic rings. The van der Waals surface area contributed by atoms with Gasteiger partial charge in [0.1, 0.15) is 6.61 Å². The van der Waals surface area contributed by atoms with Crippen molar-refractivity contribution in [3.8, 4) is 11.1 Å². The molecule has 0 spiro atoms. The first-order chi connectivity index (χ1) is 16.9. The molecule has 0 saturated heterocycles. The van der Waals surface area contributed by atoms with E-state index >= 15 is 0 Å². The minimum Gasteiger partial charge on any atom is -0.466 e. The zero-order chi connectivity index (χ0) is 25.1. The van der Waals surface area contributed by atoms with Gasteiger partial charge in [-0.05, 0) is 35.6 Å². The summed E-state index contributed by atoms with van der Waals surface area (Å²) in [5.74, 6) is -1.36. The largest absolute Gasteiger partial charge is 0.466 e. The first-order valence-electron chi connectivity index (χ1n) is 11.4. The molecule has 0 aromatic heterocycles. The van der Waals surface area contributed by atoms with Gasteiger partial charge in [0.05, 0.1) is 18.8 Å². The molecule has 0 radical (unpaired) electrons. The second-order valence-electron chi connectivity index (χ2n) is 8.14. The van der Waals surface area contributed by atoms with E-state index in [0.29, 0.717) is 0 Å². The van der Waals surface area contributed by atoms with Gasteiger partial charge in [-0.3, -0.25) is 9.36 Å². The van der Waals surface area contributed by atoms with E-state index in [1.807, 2.05) is 72.8 Å². The first kappa shape index (κ1) is 26.2. The minimum atomic E-state index is -3.88. The molecule has 0 fully saturated rings. The van der Waals surface area contributed by atoms with Crippen LogP contribution in [0.3, 0.4) is 0 Å². The topological polar surface area (TPSA) is 102 Å². The van der Waals surface area contributed by atoms with Gasteiger partial charge in [-0.2, -0.15) is 0 Å². The molecule has 3 aromatic rings. The van der Waals surface area contributed by atoms with Crippen LogP contribution in [-0.4, -0.2) is 36.0 Å². The molecule has 2 atom stereocenters. The fourth-order valence-corrected chi connectivity index (χ4v) is 5.07. The Hall–Kier alpha value is -3.41. The molecule has 184 valence electrons. The average molecular weight is 496 g/mol. The van der Waals surface area contributed by atoms with E-state index in [4.69, 9.17) is 9.47 Å². The smallest absolute Gasteiger partial charge is 0.407 e. The summed E-state index contributed by atoms with van der Waals surface area (Å²) >= 11 is 0. The van der Waals surface area contributed by atoms with E-state index < -0.39 is 31.6 Å². The third-order valence-electron chi connectivity index (χ3n) is 5.35. The van der Waals surface area contributed by atoms with E-state index in [1.54, 1.807) is 19.1 Å². The molecule has 0 heterocycles. The van der Waals surface area contributed by atoms with Crippen molar-refractivity contribution in [1.29, 1.82) is 0 Å². The lowest BCUT2D eigenvalue weighted by molar-refractivity contribution is -0.147. The Morgan fingerprint density at radius 1 is 0.857 bits per heavy atom. The number of esters is 1. The number of hydrogen-bond donors (Lipinski definition) is 2. The number of amides is 1. The van der Waals surface area contributed by atoms with Crippen LogP contribution in [0.25, 0.3) is 11.1 Å². The highest BCUT2D eigenvalue weighted by atomic mass is 31.2. The number of alkyl carbamates (subject to hydrolysis) is 1. The molecular weight excluding hydrogens is 465 g/mol. The highest BCUT2D eigenvalue weighted by molar-refractivity contribution is 7.58. The van der Waals surface area contributed by atoms with Crippen LogP contribution in [-0.2, 0) is 31.9 Å². The standard InChI is InChI=1S/C27H30NO6P/c1-2-33-26(29)25(17-21-13-15-24(16-14-21)23-11-7-4-8-12-23)19-35(31,32)20-28-27(30)34-18-22-9-5-3-6-10-22/h3-16,25H,2,17-20H2,1H3,(H,28,30)(H,31,32)/t25-/m0/s1. The number of rotatable bonds is 11. The third kappa shape index (κ3) is 8.71. The van der Waals surface area contributed by atoms with E-state index in [0.717, 1.165) is 22.3 Å². The molecule has 0 bridgehead atoms. The van der Waals surface area contributed by atoms with E-state index in [2.05, 4.69) is 5.32 Å². The monoisotopic (exact) mass is 495 g/mol. The number of carbonyl (C=O) groups excluding carboxylic acids is 2. The molecule has 0 saturated carbocycles. The van der Waals surface area contributed by atoms with E-state index in [1.165, 1.54) is 0 Å². The van der Waals surface area contributed by atoms with Crippen molar-refractivity contribution in [3.05, 3.63) is 96.1 Å². The molecule has 3 aromatic carbocycles. The molecule has 7 nitrogen and oxygen atoms in total. The van der Waals surface area contributed by atoms with E-state index in [9.17, 15) is 19.0 Å². The maximum Gasteiger partial charge on any atom is 0.407 e. The zero-order valence-electron chi connectivity index (χ0n) is 19.6. The van der Waals surface area contributed by atoms with Gasteiger partial charge in [-0.15, -0.1) is 0 Å². The van der Waals surface area contributed by atoms with Gasteiger partial charge in [0, 0.05) is 6.16 Å². The molecule has 35 heavy (non-hydrogen) atoms. The summed E-state index contributed by atoms with van der Waals surface area (Å²) in [5.41, 5.74) is 3.76. The number of hydrogen-bond acceptors (Lipinski definition) is 5. The predicted molar refractivity (Wildman–Crippen MR) is 135 cm³/mol. The Balaban J connectivity index is 1.58. The van der Waals surface area contributed by atoms with Crippen LogP contribution < -0.4 is 5.32 Å². The normalized spacial score (nSPS) is 13.3. The van der Waals surface area contributed by atoms with Gasteiger partial charge in [0.15, 0.2) is 0 Å². The number of ether oxygens (including phenoxy) is 2. The fourth-order valence-electron chi connectivity index (χ4n) is 3.60. The molecule has 1 amide bonds. The van der Waals surface area contributed by atoms with Gasteiger partial charge in [0.25, 0.3) is 0 Å². The van der Waals surface area contributed by atoms with Gasteiger partial charge < -0.3 is 19.7 Å². The van der Waals surface area contributed by atoms with Crippen LogP contribution in [0, 0.1) is 5.92 Å². The summed E-state index contributed by atoms with van der Waals surface area (Å²) in [6.45, 7) is 1.90. The molecule has 1 unspecified atom stereocenters. The maximum atomic E-state index is 12.8. The quantitative estimate of drug-likeness (QED) is 0.279. The van der Waals surface area contributed by atoms with Crippen LogP contribution >= 0.6 is 7.37 Å². The number of carbonyl (C=O) groups is 2. The zero-order valence-corrected chi connectivity index (χ0v) is 20.5. The average Bonchev–Trinajstić information content (AvgIpc) is 2.87. The predicted octanol–water partition coefficient (Wildman–Crippen LogP) is 5.23. The van der Waals surface area contributed by atoms with Gasteiger partial charge >= 0.3 is 12.1 Å². The lowest BCUT2D eigenvalue weighted by Crippen LogP contribution is -2.29. The summed E-state index contributed by atoms with van der Waals surface area (Å²) in [6, 6.07) is 26.7. The molecule has 0 aliphatic carbocycles. The van der Waals surface area contributed by atoms with Crippen molar-refractivity contribution < 1.29 is 28.5 Å². The molecule has 3 rings (SSSR count). The van der Waals surface area contributed by atoms with Crippen molar-refractivity contribution in [2.45, 2.75) is 20.0 Å². The molecular formula is C27H30NO6P. The van der Waals surface area contributed by atoms with Crippen LogP contribution in [0.5, 0.6) is 0 Å². The van der Waals surface area contributed by atoms with Crippen LogP contribution in [0.15, 0.2) is 84.9 Å². The summed E-state index contributed by atoms with van der Waals surface area (Å²) in [4.78, 5) is 35.0. The highest BCUT2D eigenvalue weighted by Crippen LogP contribution is 2.42.